The normalized spacial score (nSPS) is 23.9. The predicted molar refractivity (Wildman–Crippen MR) is 109 cm³/mol. The van der Waals surface area contributed by atoms with Gasteiger partial charge in [-0.1, -0.05) is 31.4 Å². The summed E-state index contributed by atoms with van der Waals surface area (Å²) in [7, 11) is 0. The van der Waals surface area contributed by atoms with Crippen molar-refractivity contribution in [2.45, 2.75) is 82.1 Å². The Morgan fingerprint density at radius 2 is 1.96 bits per heavy atom. The Hall–Kier alpha value is -1.81. The van der Waals surface area contributed by atoms with E-state index in [0.29, 0.717) is 5.56 Å². The minimum Gasteiger partial charge on any atom is -0.375 e. The van der Waals surface area contributed by atoms with E-state index < -0.39 is 0 Å². The van der Waals surface area contributed by atoms with Crippen LogP contribution in [-0.2, 0) is 16.6 Å². The number of rotatable bonds is 6. The van der Waals surface area contributed by atoms with E-state index in [2.05, 4.69) is 17.1 Å². The van der Waals surface area contributed by atoms with Gasteiger partial charge in [0.2, 0.25) is 5.95 Å². The number of halogens is 1. The van der Waals surface area contributed by atoms with Gasteiger partial charge in [0.05, 0.1) is 5.60 Å². The smallest absolute Gasteiger partial charge is 0.215 e. The molecule has 1 atom stereocenters. The highest BCUT2D eigenvalue weighted by Crippen LogP contribution is 2.50. The summed E-state index contributed by atoms with van der Waals surface area (Å²) in [6.45, 7) is 2.63. The molecule has 2 aliphatic rings. The molecule has 0 amide bonds. The Labute approximate surface area is 167 Å². The van der Waals surface area contributed by atoms with E-state index in [1.165, 1.54) is 31.4 Å². The molecule has 0 unspecified atom stereocenters. The molecule has 3 nitrogen and oxygen atoms in total. The topological polar surface area (TPSA) is 35.0 Å². The third-order valence-electron chi connectivity index (χ3n) is 6.81. The third kappa shape index (κ3) is 4.12. The van der Waals surface area contributed by atoms with Crippen molar-refractivity contribution in [3.63, 3.8) is 0 Å². The van der Waals surface area contributed by atoms with Crippen LogP contribution in [0.4, 0.5) is 4.39 Å². The van der Waals surface area contributed by atoms with Crippen molar-refractivity contribution in [1.29, 1.82) is 0 Å². The maximum absolute atomic E-state index is 13.4. The van der Waals surface area contributed by atoms with E-state index in [1.807, 2.05) is 18.3 Å². The Morgan fingerprint density at radius 3 is 2.71 bits per heavy atom. The van der Waals surface area contributed by atoms with E-state index in [0.717, 1.165) is 50.7 Å². The van der Waals surface area contributed by atoms with Crippen LogP contribution in [0.25, 0.3) is 0 Å². The summed E-state index contributed by atoms with van der Waals surface area (Å²) < 4.78 is 19.7. The molecule has 1 aliphatic heterocycles. The fourth-order valence-corrected chi connectivity index (χ4v) is 5.34. The highest BCUT2D eigenvalue weighted by Gasteiger charge is 2.48. The molecule has 2 aromatic heterocycles. The molecule has 1 aliphatic carbocycles. The quantitative estimate of drug-likeness (QED) is 0.475. The monoisotopic (exact) mass is 382 g/mol. The van der Waals surface area contributed by atoms with Crippen molar-refractivity contribution in [2.24, 2.45) is 0 Å². The average Bonchev–Trinajstić information content (AvgIpc) is 3.16. The molecule has 4 heteroatoms. The minimum atomic E-state index is -0.359. The average molecular weight is 383 g/mol. The summed E-state index contributed by atoms with van der Waals surface area (Å²) >= 11 is 0. The number of aryl methyl sites for hydroxylation is 2. The zero-order valence-corrected chi connectivity index (χ0v) is 16.9. The van der Waals surface area contributed by atoms with Crippen LogP contribution >= 0.6 is 0 Å². The van der Waals surface area contributed by atoms with Crippen molar-refractivity contribution in [1.82, 2.24) is 9.97 Å². The second kappa shape index (κ2) is 8.28. The highest BCUT2D eigenvalue weighted by molar-refractivity contribution is 5.21. The third-order valence-corrected chi connectivity index (χ3v) is 6.81. The summed E-state index contributed by atoms with van der Waals surface area (Å²) in [6.07, 6.45) is 15.1. The van der Waals surface area contributed by atoms with Crippen molar-refractivity contribution in [2.75, 3.05) is 6.61 Å². The van der Waals surface area contributed by atoms with Gasteiger partial charge < -0.3 is 4.74 Å². The predicted octanol–water partition coefficient (Wildman–Crippen LogP) is 5.70. The lowest BCUT2D eigenvalue weighted by Crippen LogP contribution is -2.46. The second-order valence-corrected chi connectivity index (χ2v) is 8.82. The summed E-state index contributed by atoms with van der Waals surface area (Å²) in [5.41, 5.74) is 3.21. The number of aromatic nitrogens is 2. The molecule has 1 spiro atoms. The molecule has 1 saturated heterocycles. The molecule has 28 heavy (non-hydrogen) atoms. The van der Waals surface area contributed by atoms with Crippen molar-refractivity contribution in [3.8, 4) is 0 Å². The van der Waals surface area contributed by atoms with Crippen molar-refractivity contribution >= 4 is 0 Å². The molecule has 0 radical (unpaired) electrons. The van der Waals surface area contributed by atoms with Crippen LogP contribution < -0.4 is 0 Å². The summed E-state index contributed by atoms with van der Waals surface area (Å²) in [4.78, 5) is 8.64. The molecule has 0 N–H and O–H groups in total. The number of hydrogen-bond acceptors (Lipinski definition) is 3. The summed E-state index contributed by atoms with van der Waals surface area (Å²) in [6, 6.07) is 8.26. The molecule has 3 heterocycles. The lowest BCUT2D eigenvalue weighted by molar-refractivity contribution is -0.104. The van der Waals surface area contributed by atoms with Gasteiger partial charge in [0.15, 0.2) is 0 Å². The van der Waals surface area contributed by atoms with E-state index >= 15 is 0 Å². The van der Waals surface area contributed by atoms with Crippen LogP contribution in [0.3, 0.4) is 0 Å². The SMILES string of the molecule is Cc1cc(CCCC[C@@]2(c3ccccn3)CCOC3(CCCC3)C2)cnc1F. The summed E-state index contributed by atoms with van der Waals surface area (Å²) in [5.74, 6) is -0.359. The minimum absolute atomic E-state index is 0.0771. The number of pyridine rings is 2. The Kier molecular flexibility index (Phi) is 5.77. The Balaban J connectivity index is 1.45. The van der Waals surface area contributed by atoms with Crippen LogP contribution in [-0.4, -0.2) is 22.2 Å². The molecule has 1 saturated carbocycles. The maximum atomic E-state index is 13.4. The molecule has 4 rings (SSSR count). The van der Waals surface area contributed by atoms with Gasteiger partial charge in [-0.2, -0.15) is 4.39 Å². The number of hydrogen-bond donors (Lipinski definition) is 0. The molecular formula is C24H31FN2O. The van der Waals surface area contributed by atoms with Crippen molar-refractivity contribution in [3.05, 3.63) is 59.4 Å². The van der Waals surface area contributed by atoms with E-state index in [1.54, 1.807) is 13.1 Å². The standard InChI is InChI=1S/C24H31FN2O/c1-19-16-20(17-27-22(19)25)8-2-4-10-23(21-9-3-7-14-26-21)13-15-28-24(18-23)11-5-6-12-24/h3,7,9,14,16-17H,2,4-6,8,10-13,15,18H2,1H3/t23-/m1/s1. The van der Waals surface area contributed by atoms with Crippen LogP contribution in [0, 0.1) is 12.9 Å². The van der Waals surface area contributed by atoms with Gasteiger partial charge in [-0.15, -0.1) is 0 Å². The van der Waals surface area contributed by atoms with Crippen molar-refractivity contribution < 1.29 is 9.13 Å². The Bertz CT molecular complexity index is 788. The first kappa shape index (κ1) is 19.5. The number of unbranched alkanes of at least 4 members (excludes halogenated alkanes) is 1. The van der Waals surface area contributed by atoms with Gasteiger partial charge in [-0.3, -0.25) is 4.98 Å². The zero-order valence-electron chi connectivity index (χ0n) is 16.9. The van der Waals surface area contributed by atoms with Gasteiger partial charge >= 0.3 is 0 Å². The van der Waals surface area contributed by atoms with Crippen LogP contribution in [0.1, 0.15) is 74.6 Å². The first-order valence-corrected chi connectivity index (χ1v) is 10.8. The van der Waals surface area contributed by atoms with Crippen LogP contribution in [0.5, 0.6) is 0 Å². The molecule has 0 aromatic carbocycles. The lowest BCUT2D eigenvalue weighted by atomic mass is 9.67. The number of nitrogens with zero attached hydrogens (tertiary/aromatic N) is 2. The van der Waals surface area contributed by atoms with E-state index in [9.17, 15) is 4.39 Å². The molecule has 0 bridgehead atoms. The molecular weight excluding hydrogens is 351 g/mol. The molecule has 150 valence electrons. The fourth-order valence-electron chi connectivity index (χ4n) is 5.34. The second-order valence-electron chi connectivity index (χ2n) is 8.82. The first-order chi connectivity index (χ1) is 13.6. The van der Waals surface area contributed by atoms with Gasteiger partial charge in [-0.25, -0.2) is 4.98 Å². The molecule has 2 aromatic rings. The van der Waals surface area contributed by atoms with E-state index in [-0.39, 0.29) is 17.0 Å². The zero-order chi connectivity index (χ0) is 19.5. The first-order valence-electron chi connectivity index (χ1n) is 10.8. The van der Waals surface area contributed by atoms with Gasteiger partial charge in [0.25, 0.3) is 0 Å². The number of ether oxygens (including phenoxy) is 1. The van der Waals surface area contributed by atoms with Crippen LogP contribution in [0.15, 0.2) is 36.7 Å². The highest BCUT2D eigenvalue weighted by atomic mass is 19.1. The fraction of sp³-hybridized carbons (Fsp3) is 0.583. The van der Waals surface area contributed by atoms with Gasteiger partial charge in [0, 0.05) is 35.7 Å². The summed E-state index contributed by atoms with van der Waals surface area (Å²) in [5, 5.41) is 0. The maximum Gasteiger partial charge on any atom is 0.215 e. The van der Waals surface area contributed by atoms with Crippen LogP contribution in [0.2, 0.25) is 0 Å². The molecule has 2 fully saturated rings. The largest absolute Gasteiger partial charge is 0.375 e. The van der Waals surface area contributed by atoms with Gasteiger partial charge in [0.1, 0.15) is 0 Å². The van der Waals surface area contributed by atoms with E-state index in [4.69, 9.17) is 9.72 Å². The Morgan fingerprint density at radius 1 is 1.11 bits per heavy atom. The van der Waals surface area contributed by atoms with Gasteiger partial charge in [-0.05, 0) is 69.6 Å². The lowest BCUT2D eigenvalue weighted by Gasteiger charge is -2.46.